The lowest BCUT2D eigenvalue weighted by atomic mass is 10.0. The number of nitrogens with one attached hydrogen (secondary N) is 1. The monoisotopic (exact) mass is 272 g/mol. The topological polar surface area (TPSA) is 15.3 Å². The van der Waals surface area contributed by atoms with Gasteiger partial charge in [-0.15, -0.1) is 0 Å². The van der Waals surface area contributed by atoms with Crippen molar-refractivity contribution in [3.05, 3.63) is 29.8 Å². The smallest absolute Gasteiger partial charge is 0.0345 e. The summed E-state index contributed by atoms with van der Waals surface area (Å²) in [7, 11) is 0. The van der Waals surface area contributed by atoms with Gasteiger partial charge in [0.25, 0.3) is 0 Å². The maximum absolute atomic E-state index is 3.79. The number of hydrogen-bond acceptors (Lipinski definition) is 2. The van der Waals surface area contributed by atoms with Gasteiger partial charge in [-0.25, -0.2) is 0 Å². The van der Waals surface area contributed by atoms with Crippen molar-refractivity contribution < 1.29 is 0 Å². The van der Waals surface area contributed by atoms with Crippen LogP contribution in [0.2, 0.25) is 0 Å². The lowest BCUT2D eigenvalue weighted by Crippen LogP contribution is -2.23. The molecule has 1 heterocycles. The first-order valence-corrected chi connectivity index (χ1v) is 8.43. The van der Waals surface area contributed by atoms with Crippen LogP contribution in [0, 0.1) is 5.92 Å². The predicted molar refractivity (Wildman–Crippen MR) is 86.0 cm³/mol. The molecule has 0 radical (unpaired) electrons. The molecule has 0 bridgehead atoms. The van der Waals surface area contributed by atoms with Crippen LogP contribution in [0.25, 0.3) is 0 Å². The van der Waals surface area contributed by atoms with E-state index in [9.17, 15) is 0 Å². The van der Waals surface area contributed by atoms with E-state index in [4.69, 9.17) is 0 Å². The molecule has 0 amide bonds. The van der Waals surface area contributed by atoms with E-state index in [1.807, 2.05) is 0 Å². The van der Waals surface area contributed by atoms with Crippen molar-refractivity contribution in [2.75, 3.05) is 18.4 Å². The Morgan fingerprint density at radius 1 is 1.15 bits per heavy atom. The van der Waals surface area contributed by atoms with E-state index in [1.165, 1.54) is 62.9 Å². The van der Waals surface area contributed by atoms with Gasteiger partial charge in [0.05, 0.1) is 0 Å². The highest BCUT2D eigenvalue weighted by atomic mass is 15.1. The first-order valence-electron chi connectivity index (χ1n) is 8.43. The van der Waals surface area contributed by atoms with E-state index >= 15 is 0 Å². The van der Waals surface area contributed by atoms with Crippen LogP contribution in [0.5, 0.6) is 0 Å². The molecule has 20 heavy (non-hydrogen) atoms. The van der Waals surface area contributed by atoms with Crippen molar-refractivity contribution >= 4 is 5.69 Å². The standard InChI is InChI=1S/C18H28N2/c1-2-16-8-6-10-18(16)19-17-9-5-7-15(13-17)14-20-11-3-4-12-20/h5,7,9,13,16,18-19H,2-4,6,8,10-12,14H2,1H3. The summed E-state index contributed by atoms with van der Waals surface area (Å²) >= 11 is 0. The Hall–Kier alpha value is -1.02. The second-order valence-electron chi connectivity index (χ2n) is 6.53. The summed E-state index contributed by atoms with van der Waals surface area (Å²) in [6.45, 7) is 6.00. The molecule has 2 heteroatoms. The van der Waals surface area contributed by atoms with Gasteiger partial charge in [-0.05, 0) is 62.4 Å². The van der Waals surface area contributed by atoms with Crippen LogP contribution in [0.15, 0.2) is 24.3 Å². The lowest BCUT2D eigenvalue weighted by Gasteiger charge is -2.22. The highest BCUT2D eigenvalue weighted by molar-refractivity contribution is 5.46. The molecule has 2 nitrogen and oxygen atoms in total. The van der Waals surface area contributed by atoms with E-state index in [0.29, 0.717) is 6.04 Å². The molecule has 2 atom stereocenters. The zero-order valence-electron chi connectivity index (χ0n) is 12.8. The molecule has 0 aromatic heterocycles. The SMILES string of the molecule is CCC1CCCC1Nc1cccc(CN2CCCC2)c1. The number of benzene rings is 1. The molecule has 1 aromatic rings. The third kappa shape index (κ3) is 3.35. The number of anilines is 1. The van der Waals surface area contributed by atoms with Crippen molar-refractivity contribution in [2.24, 2.45) is 5.92 Å². The predicted octanol–water partition coefficient (Wildman–Crippen LogP) is 4.27. The first kappa shape index (κ1) is 13.9. The Kier molecular flexibility index (Phi) is 4.62. The number of hydrogen-bond donors (Lipinski definition) is 1. The molecule has 1 aliphatic carbocycles. The van der Waals surface area contributed by atoms with E-state index in [1.54, 1.807) is 0 Å². The van der Waals surface area contributed by atoms with E-state index < -0.39 is 0 Å². The summed E-state index contributed by atoms with van der Waals surface area (Å²) < 4.78 is 0. The second-order valence-corrected chi connectivity index (χ2v) is 6.53. The van der Waals surface area contributed by atoms with Crippen LogP contribution < -0.4 is 5.32 Å². The summed E-state index contributed by atoms with van der Waals surface area (Å²) in [6.07, 6.45) is 8.20. The number of likely N-dealkylation sites (tertiary alicyclic amines) is 1. The average molecular weight is 272 g/mol. The average Bonchev–Trinajstić information content (AvgIpc) is 3.10. The van der Waals surface area contributed by atoms with Crippen LogP contribution in [-0.4, -0.2) is 24.0 Å². The summed E-state index contributed by atoms with van der Waals surface area (Å²) in [4.78, 5) is 2.57. The lowest BCUT2D eigenvalue weighted by molar-refractivity contribution is 0.331. The summed E-state index contributed by atoms with van der Waals surface area (Å²) in [5.74, 6) is 0.872. The quantitative estimate of drug-likeness (QED) is 0.861. The van der Waals surface area contributed by atoms with Gasteiger partial charge in [-0.3, -0.25) is 4.90 Å². The number of nitrogens with zero attached hydrogens (tertiary/aromatic N) is 1. The third-order valence-corrected chi connectivity index (χ3v) is 5.07. The minimum atomic E-state index is 0.696. The van der Waals surface area contributed by atoms with E-state index in [0.717, 1.165) is 12.5 Å². The second kappa shape index (κ2) is 6.62. The highest BCUT2D eigenvalue weighted by Crippen LogP contribution is 2.31. The maximum Gasteiger partial charge on any atom is 0.0345 e. The molecule has 0 spiro atoms. The van der Waals surface area contributed by atoms with Crippen molar-refractivity contribution in [3.8, 4) is 0 Å². The molecule has 1 saturated carbocycles. The van der Waals surface area contributed by atoms with Crippen molar-refractivity contribution in [1.82, 2.24) is 4.90 Å². The van der Waals surface area contributed by atoms with Gasteiger partial charge in [0.1, 0.15) is 0 Å². The van der Waals surface area contributed by atoms with Crippen molar-refractivity contribution in [1.29, 1.82) is 0 Å². The van der Waals surface area contributed by atoms with E-state index in [-0.39, 0.29) is 0 Å². The van der Waals surface area contributed by atoms with Gasteiger partial charge >= 0.3 is 0 Å². The van der Waals surface area contributed by atoms with Gasteiger partial charge in [-0.2, -0.15) is 0 Å². The van der Waals surface area contributed by atoms with Gasteiger partial charge in [0, 0.05) is 18.3 Å². The van der Waals surface area contributed by atoms with Crippen LogP contribution in [0.1, 0.15) is 51.0 Å². The Morgan fingerprint density at radius 3 is 2.80 bits per heavy atom. The fourth-order valence-corrected chi connectivity index (χ4v) is 3.89. The van der Waals surface area contributed by atoms with Crippen molar-refractivity contribution in [2.45, 2.75) is 58.0 Å². The molecule has 3 rings (SSSR count). The summed E-state index contributed by atoms with van der Waals surface area (Å²) in [5, 5.41) is 3.79. The van der Waals surface area contributed by atoms with Gasteiger partial charge < -0.3 is 5.32 Å². The molecule has 2 unspecified atom stereocenters. The Morgan fingerprint density at radius 2 is 2.00 bits per heavy atom. The Labute approximate surface area is 123 Å². The molecule has 1 N–H and O–H groups in total. The van der Waals surface area contributed by atoms with Crippen LogP contribution in [0.4, 0.5) is 5.69 Å². The fraction of sp³-hybridized carbons (Fsp3) is 0.667. The number of rotatable bonds is 5. The minimum Gasteiger partial charge on any atom is -0.382 e. The van der Waals surface area contributed by atoms with Crippen LogP contribution in [0.3, 0.4) is 0 Å². The largest absolute Gasteiger partial charge is 0.382 e. The zero-order valence-corrected chi connectivity index (χ0v) is 12.8. The molecule has 1 saturated heterocycles. The highest BCUT2D eigenvalue weighted by Gasteiger charge is 2.25. The molecule has 1 aliphatic heterocycles. The molecule has 2 aliphatic rings. The summed E-state index contributed by atoms with van der Waals surface area (Å²) in [6, 6.07) is 9.78. The molecular formula is C18H28N2. The fourth-order valence-electron chi connectivity index (χ4n) is 3.89. The van der Waals surface area contributed by atoms with Gasteiger partial charge in [0.15, 0.2) is 0 Å². The first-order chi connectivity index (χ1) is 9.85. The zero-order chi connectivity index (χ0) is 13.8. The minimum absolute atomic E-state index is 0.696. The maximum atomic E-state index is 3.79. The summed E-state index contributed by atoms with van der Waals surface area (Å²) in [5.41, 5.74) is 2.79. The Bertz CT molecular complexity index is 423. The molecular weight excluding hydrogens is 244 g/mol. The van der Waals surface area contributed by atoms with Crippen LogP contribution >= 0.6 is 0 Å². The Balaban J connectivity index is 1.61. The molecule has 2 fully saturated rings. The van der Waals surface area contributed by atoms with E-state index in [2.05, 4.69) is 41.4 Å². The van der Waals surface area contributed by atoms with Crippen molar-refractivity contribution in [3.63, 3.8) is 0 Å². The van der Waals surface area contributed by atoms with Crippen LogP contribution in [-0.2, 0) is 6.54 Å². The molecule has 1 aromatic carbocycles. The third-order valence-electron chi connectivity index (χ3n) is 5.07. The molecule has 110 valence electrons. The normalized spacial score (nSPS) is 27.1. The van der Waals surface area contributed by atoms with Gasteiger partial charge in [-0.1, -0.05) is 31.9 Å². The van der Waals surface area contributed by atoms with Gasteiger partial charge in [0.2, 0.25) is 0 Å².